The number of benzene rings is 1. The van der Waals surface area contributed by atoms with Crippen LogP contribution in [0.15, 0.2) is 6.07 Å². The number of rotatable bonds is 2. The molecule has 1 unspecified atom stereocenters. The van der Waals surface area contributed by atoms with E-state index in [9.17, 15) is 9.50 Å². The topological polar surface area (TPSA) is 64.1 Å². The van der Waals surface area contributed by atoms with Gasteiger partial charge in [0.2, 0.25) is 0 Å². The Kier molecular flexibility index (Phi) is 2.52. The van der Waals surface area contributed by atoms with E-state index in [1.807, 2.05) is 6.92 Å². The van der Waals surface area contributed by atoms with Crippen molar-refractivity contribution in [1.29, 1.82) is 0 Å². The van der Waals surface area contributed by atoms with E-state index in [0.29, 0.717) is 18.5 Å². The summed E-state index contributed by atoms with van der Waals surface area (Å²) in [6.07, 6.45) is 2.39. The van der Waals surface area contributed by atoms with Gasteiger partial charge in [-0.25, -0.2) is 4.39 Å². The van der Waals surface area contributed by atoms with Crippen LogP contribution in [0.3, 0.4) is 0 Å². The predicted molar refractivity (Wildman–Crippen MR) is 67.0 cm³/mol. The second-order valence-corrected chi connectivity index (χ2v) is 5.04. The van der Waals surface area contributed by atoms with Crippen LogP contribution in [0, 0.1) is 5.82 Å². The summed E-state index contributed by atoms with van der Waals surface area (Å²) >= 11 is 0. The van der Waals surface area contributed by atoms with E-state index >= 15 is 0 Å². The third kappa shape index (κ3) is 1.58. The molecule has 0 radical (unpaired) electrons. The Balaban J connectivity index is 2.30. The molecule has 3 rings (SSSR count). The van der Waals surface area contributed by atoms with E-state index in [0.717, 1.165) is 29.4 Å². The Bertz CT molecular complexity index is 618. The summed E-state index contributed by atoms with van der Waals surface area (Å²) in [4.78, 5) is 0. The molecule has 5 heteroatoms. The van der Waals surface area contributed by atoms with Crippen molar-refractivity contribution >= 4 is 10.9 Å². The summed E-state index contributed by atoms with van der Waals surface area (Å²) in [7, 11) is 0. The minimum absolute atomic E-state index is 0.0302. The maximum absolute atomic E-state index is 13.9. The van der Waals surface area contributed by atoms with Gasteiger partial charge >= 0.3 is 0 Å². The number of aryl methyl sites for hydroxylation is 2. The lowest BCUT2D eigenvalue weighted by atomic mass is 9.94. The number of aromatic nitrogens is 2. The number of hydrogen-bond acceptors (Lipinski definition) is 3. The molecule has 96 valence electrons. The molecule has 18 heavy (non-hydrogen) atoms. The molecule has 0 saturated heterocycles. The van der Waals surface area contributed by atoms with E-state index in [1.54, 1.807) is 4.68 Å². The van der Waals surface area contributed by atoms with Crippen molar-refractivity contribution < 1.29 is 9.50 Å². The van der Waals surface area contributed by atoms with E-state index < -0.39 is 5.82 Å². The SMILES string of the molecule is CC(N)Cn1nc2c3c(c(F)c(O)cc31)CCC2. The number of phenols is 1. The first-order chi connectivity index (χ1) is 8.58. The largest absolute Gasteiger partial charge is 0.505 e. The Morgan fingerprint density at radius 1 is 1.56 bits per heavy atom. The van der Waals surface area contributed by atoms with Crippen molar-refractivity contribution in [2.75, 3.05) is 0 Å². The van der Waals surface area contributed by atoms with Crippen LogP contribution < -0.4 is 5.73 Å². The van der Waals surface area contributed by atoms with Crippen LogP contribution in [-0.4, -0.2) is 20.9 Å². The Hall–Kier alpha value is -1.62. The zero-order chi connectivity index (χ0) is 12.9. The second kappa shape index (κ2) is 3.95. The van der Waals surface area contributed by atoms with E-state index in [4.69, 9.17) is 5.73 Å². The van der Waals surface area contributed by atoms with Gasteiger partial charge in [0.05, 0.1) is 17.8 Å². The van der Waals surface area contributed by atoms with Gasteiger partial charge in [-0.15, -0.1) is 0 Å². The second-order valence-electron chi connectivity index (χ2n) is 5.04. The normalized spacial score (nSPS) is 16.2. The summed E-state index contributed by atoms with van der Waals surface area (Å²) in [5, 5.41) is 15.0. The molecule has 1 aliphatic rings. The summed E-state index contributed by atoms with van der Waals surface area (Å²) in [6.45, 7) is 2.47. The average Bonchev–Trinajstić information content (AvgIpc) is 2.64. The molecular formula is C13H16FN3O. The minimum atomic E-state index is -0.496. The molecule has 0 fully saturated rings. The van der Waals surface area contributed by atoms with Crippen molar-refractivity contribution in [3.63, 3.8) is 0 Å². The number of hydrogen-bond donors (Lipinski definition) is 2. The van der Waals surface area contributed by atoms with Crippen LogP contribution in [0.4, 0.5) is 4.39 Å². The van der Waals surface area contributed by atoms with Gasteiger partial charge in [0.15, 0.2) is 11.6 Å². The smallest absolute Gasteiger partial charge is 0.168 e. The van der Waals surface area contributed by atoms with Crippen LogP contribution in [-0.2, 0) is 19.4 Å². The predicted octanol–water partition coefficient (Wildman–Crippen LogP) is 1.72. The third-order valence-corrected chi connectivity index (χ3v) is 3.43. The van der Waals surface area contributed by atoms with Gasteiger partial charge in [-0.05, 0) is 26.2 Å². The maximum atomic E-state index is 13.9. The Morgan fingerprint density at radius 2 is 2.33 bits per heavy atom. The van der Waals surface area contributed by atoms with Gasteiger partial charge in [-0.1, -0.05) is 0 Å². The summed E-state index contributed by atoms with van der Waals surface area (Å²) in [5.41, 5.74) is 8.10. The standard InChI is InChI=1S/C13H16FN3O/c1-7(15)6-17-10-5-11(18)13(14)8-3-2-4-9(16-17)12(8)10/h5,7,18H,2-4,6,15H2,1H3. The molecule has 0 bridgehead atoms. The molecule has 0 saturated carbocycles. The fourth-order valence-electron chi connectivity index (χ4n) is 2.71. The van der Waals surface area contributed by atoms with E-state index in [2.05, 4.69) is 5.10 Å². The van der Waals surface area contributed by atoms with Crippen molar-refractivity contribution in [1.82, 2.24) is 9.78 Å². The van der Waals surface area contributed by atoms with Crippen LogP contribution in [0.25, 0.3) is 10.9 Å². The fourth-order valence-corrected chi connectivity index (χ4v) is 2.71. The number of phenolic OH excluding ortho intramolecular Hbond substituents is 1. The highest BCUT2D eigenvalue weighted by atomic mass is 19.1. The zero-order valence-electron chi connectivity index (χ0n) is 10.3. The van der Waals surface area contributed by atoms with Crippen LogP contribution in [0.2, 0.25) is 0 Å². The zero-order valence-corrected chi connectivity index (χ0v) is 10.3. The van der Waals surface area contributed by atoms with Gasteiger partial charge in [0.1, 0.15) is 0 Å². The molecule has 0 aliphatic heterocycles. The number of halogens is 1. The molecule has 1 heterocycles. The molecule has 1 aliphatic carbocycles. The fraction of sp³-hybridized carbons (Fsp3) is 0.462. The lowest BCUT2D eigenvalue weighted by Crippen LogP contribution is -2.22. The monoisotopic (exact) mass is 249 g/mol. The lowest BCUT2D eigenvalue weighted by molar-refractivity contribution is 0.429. The highest BCUT2D eigenvalue weighted by Crippen LogP contribution is 2.35. The first-order valence-electron chi connectivity index (χ1n) is 6.23. The van der Waals surface area contributed by atoms with Gasteiger partial charge in [0.25, 0.3) is 0 Å². The number of aromatic hydroxyl groups is 1. The quantitative estimate of drug-likeness (QED) is 0.851. The van der Waals surface area contributed by atoms with Crippen molar-refractivity contribution in [3.05, 3.63) is 23.1 Å². The van der Waals surface area contributed by atoms with Gasteiger partial charge < -0.3 is 10.8 Å². The molecule has 4 nitrogen and oxygen atoms in total. The van der Waals surface area contributed by atoms with Gasteiger partial charge in [-0.3, -0.25) is 4.68 Å². The molecule has 2 aromatic rings. The first-order valence-corrected chi connectivity index (χ1v) is 6.23. The summed E-state index contributed by atoms with van der Waals surface area (Å²) in [6, 6.07) is 1.43. The lowest BCUT2D eigenvalue weighted by Gasteiger charge is -2.12. The molecule has 0 amide bonds. The van der Waals surface area contributed by atoms with Crippen LogP contribution in [0.1, 0.15) is 24.6 Å². The molecule has 1 aromatic heterocycles. The van der Waals surface area contributed by atoms with E-state index in [-0.39, 0.29) is 11.8 Å². The molecule has 1 atom stereocenters. The van der Waals surface area contributed by atoms with Crippen molar-refractivity contribution in [2.45, 2.75) is 38.8 Å². The van der Waals surface area contributed by atoms with Crippen molar-refractivity contribution in [3.8, 4) is 5.75 Å². The number of nitrogens with two attached hydrogens (primary N) is 1. The Labute approximate surface area is 104 Å². The molecule has 0 spiro atoms. The van der Waals surface area contributed by atoms with Crippen LogP contribution in [0.5, 0.6) is 5.75 Å². The Morgan fingerprint density at radius 3 is 3.06 bits per heavy atom. The summed E-state index contributed by atoms with van der Waals surface area (Å²) < 4.78 is 15.7. The third-order valence-electron chi connectivity index (χ3n) is 3.43. The minimum Gasteiger partial charge on any atom is -0.505 e. The molecule has 3 N–H and O–H groups in total. The number of nitrogens with zero attached hydrogens (tertiary/aromatic N) is 2. The highest BCUT2D eigenvalue weighted by molar-refractivity contribution is 5.88. The van der Waals surface area contributed by atoms with E-state index in [1.165, 1.54) is 6.07 Å². The maximum Gasteiger partial charge on any atom is 0.168 e. The van der Waals surface area contributed by atoms with Gasteiger partial charge in [-0.2, -0.15) is 5.10 Å². The van der Waals surface area contributed by atoms with Gasteiger partial charge in [0, 0.05) is 23.1 Å². The van der Waals surface area contributed by atoms with Crippen LogP contribution >= 0.6 is 0 Å². The first kappa shape index (κ1) is 11.5. The highest BCUT2D eigenvalue weighted by Gasteiger charge is 2.23. The van der Waals surface area contributed by atoms with Crippen molar-refractivity contribution in [2.24, 2.45) is 5.73 Å². The molecular weight excluding hydrogens is 233 g/mol. The summed E-state index contributed by atoms with van der Waals surface area (Å²) in [5.74, 6) is -0.791. The molecule has 1 aromatic carbocycles. The average molecular weight is 249 g/mol.